The number of pyridine rings is 1. The number of rotatable bonds is 1. The van der Waals surface area contributed by atoms with E-state index in [-0.39, 0.29) is 12.1 Å². The maximum Gasteiger partial charge on any atom is 0.410 e. The topological polar surface area (TPSA) is 45.7 Å². The summed E-state index contributed by atoms with van der Waals surface area (Å²) in [6.07, 6.45) is 3.57. The van der Waals surface area contributed by atoms with Gasteiger partial charge in [0.05, 0.1) is 11.7 Å². The van der Waals surface area contributed by atoms with Crippen molar-refractivity contribution >= 4 is 17.7 Å². The van der Waals surface area contributed by atoms with Gasteiger partial charge in [-0.1, -0.05) is 23.7 Å². The van der Waals surface area contributed by atoms with E-state index in [9.17, 15) is 4.79 Å². The fourth-order valence-electron chi connectivity index (χ4n) is 4.24. The van der Waals surface area contributed by atoms with Crippen molar-refractivity contribution in [2.75, 3.05) is 26.2 Å². The zero-order valence-electron chi connectivity index (χ0n) is 17.3. The number of carbonyl (C=O) groups is 1. The van der Waals surface area contributed by atoms with Crippen LogP contribution in [0.5, 0.6) is 0 Å². The van der Waals surface area contributed by atoms with E-state index in [4.69, 9.17) is 21.3 Å². The number of aryl methyl sites for hydroxylation is 2. The summed E-state index contributed by atoms with van der Waals surface area (Å²) in [5.74, 6) is 0. The van der Waals surface area contributed by atoms with Crippen LogP contribution in [0.3, 0.4) is 0 Å². The van der Waals surface area contributed by atoms with Crippen LogP contribution in [0.15, 0.2) is 36.5 Å². The van der Waals surface area contributed by atoms with E-state index < -0.39 is 5.60 Å². The second-order valence-electron chi connectivity index (χ2n) is 8.80. The predicted molar refractivity (Wildman–Crippen MR) is 114 cm³/mol. The molecule has 1 aliphatic carbocycles. The number of carbonyl (C=O) groups excluding carboxylic acids is 1. The van der Waals surface area contributed by atoms with Gasteiger partial charge in [0.1, 0.15) is 5.60 Å². The minimum Gasteiger partial charge on any atom is -0.444 e. The lowest BCUT2D eigenvalue weighted by Crippen LogP contribution is -2.51. The van der Waals surface area contributed by atoms with Crippen LogP contribution in [0.2, 0.25) is 5.02 Å². The van der Waals surface area contributed by atoms with Crippen molar-refractivity contribution < 1.29 is 9.53 Å². The second kappa shape index (κ2) is 7.96. The van der Waals surface area contributed by atoms with Gasteiger partial charge in [-0.15, -0.1) is 0 Å². The van der Waals surface area contributed by atoms with Gasteiger partial charge in [-0.3, -0.25) is 9.88 Å². The average molecular weight is 414 g/mol. The molecule has 0 bridgehead atoms. The molecule has 4 rings (SSSR count). The molecule has 1 saturated heterocycles. The summed E-state index contributed by atoms with van der Waals surface area (Å²) >= 11 is 6.29. The van der Waals surface area contributed by atoms with Gasteiger partial charge in [0, 0.05) is 37.4 Å². The van der Waals surface area contributed by atoms with E-state index in [0.717, 1.165) is 36.6 Å². The Labute approximate surface area is 177 Å². The number of halogens is 1. The van der Waals surface area contributed by atoms with Crippen LogP contribution in [0.1, 0.15) is 49.2 Å². The number of aromatic nitrogens is 1. The summed E-state index contributed by atoms with van der Waals surface area (Å²) in [6, 6.07) is 10.5. The Morgan fingerprint density at radius 2 is 1.83 bits per heavy atom. The second-order valence-corrected chi connectivity index (χ2v) is 9.23. The van der Waals surface area contributed by atoms with Crippen LogP contribution in [-0.2, 0) is 17.6 Å². The van der Waals surface area contributed by atoms with Crippen LogP contribution in [0, 0.1) is 0 Å². The van der Waals surface area contributed by atoms with E-state index in [0.29, 0.717) is 13.1 Å². The molecule has 0 saturated carbocycles. The van der Waals surface area contributed by atoms with Gasteiger partial charge in [0.25, 0.3) is 0 Å². The molecule has 0 radical (unpaired) electrons. The monoisotopic (exact) mass is 413 g/mol. The highest BCUT2D eigenvalue weighted by Gasteiger charge is 2.34. The highest BCUT2D eigenvalue weighted by Crippen LogP contribution is 2.37. The average Bonchev–Trinajstić information content (AvgIpc) is 2.83. The molecular weight excluding hydrogens is 386 g/mol. The minimum absolute atomic E-state index is 0.0850. The molecule has 1 aromatic heterocycles. The van der Waals surface area contributed by atoms with Crippen LogP contribution in [-0.4, -0.2) is 52.7 Å². The van der Waals surface area contributed by atoms with E-state index in [1.54, 1.807) is 4.90 Å². The highest BCUT2D eigenvalue weighted by molar-refractivity contribution is 6.30. The standard InChI is InChI=1S/C23H28ClN3O2/c1-23(2,3)29-22(28)27-13-11-26(12-14-27)21-19-9-8-18(24)15-17(19)7-6-16-5-4-10-25-20(16)21/h4-5,8-10,15,21H,6-7,11-14H2,1-3H3/t21-/m1/s1. The molecule has 1 fully saturated rings. The quantitative estimate of drug-likeness (QED) is 0.691. The van der Waals surface area contributed by atoms with Crippen molar-refractivity contribution in [2.45, 2.75) is 45.3 Å². The van der Waals surface area contributed by atoms with E-state index in [1.807, 2.05) is 39.1 Å². The molecule has 5 nitrogen and oxygen atoms in total. The zero-order chi connectivity index (χ0) is 20.6. The number of hydrogen-bond donors (Lipinski definition) is 0. The maximum atomic E-state index is 12.4. The van der Waals surface area contributed by atoms with Crippen molar-refractivity contribution in [3.8, 4) is 0 Å². The molecule has 1 atom stereocenters. The third kappa shape index (κ3) is 4.41. The van der Waals surface area contributed by atoms with Gasteiger partial charge < -0.3 is 9.64 Å². The van der Waals surface area contributed by atoms with Gasteiger partial charge in [0.2, 0.25) is 0 Å². The van der Waals surface area contributed by atoms with Crippen molar-refractivity contribution in [2.24, 2.45) is 0 Å². The Kier molecular flexibility index (Phi) is 5.54. The first-order chi connectivity index (χ1) is 13.8. The van der Waals surface area contributed by atoms with Crippen molar-refractivity contribution in [1.29, 1.82) is 0 Å². The summed E-state index contributed by atoms with van der Waals surface area (Å²) in [5.41, 5.74) is 4.50. The molecule has 0 unspecified atom stereocenters. The molecule has 0 N–H and O–H groups in total. The molecule has 2 aliphatic rings. The SMILES string of the molecule is CC(C)(C)OC(=O)N1CCN([C@@H]2c3ccc(Cl)cc3CCc3cccnc32)CC1. The Bertz CT molecular complexity index is 901. The van der Waals surface area contributed by atoms with Gasteiger partial charge in [-0.2, -0.15) is 0 Å². The first kappa shape index (κ1) is 20.2. The van der Waals surface area contributed by atoms with Crippen LogP contribution < -0.4 is 0 Å². The number of hydrogen-bond acceptors (Lipinski definition) is 4. The zero-order valence-corrected chi connectivity index (χ0v) is 18.1. The molecule has 2 aromatic rings. The number of amides is 1. The molecule has 154 valence electrons. The van der Waals surface area contributed by atoms with Crippen molar-refractivity contribution in [3.05, 3.63) is 63.9 Å². The summed E-state index contributed by atoms with van der Waals surface area (Å²) in [4.78, 5) is 21.5. The lowest BCUT2D eigenvalue weighted by molar-refractivity contribution is 0.0118. The number of benzene rings is 1. The van der Waals surface area contributed by atoms with Gasteiger partial charge in [-0.05, 0) is 68.5 Å². The fraction of sp³-hybridized carbons (Fsp3) is 0.478. The number of ether oxygens (including phenoxy) is 1. The Hall–Kier alpha value is -2.11. The lowest BCUT2D eigenvalue weighted by atomic mass is 9.96. The maximum absolute atomic E-state index is 12.4. The minimum atomic E-state index is -0.476. The third-order valence-corrected chi connectivity index (χ3v) is 5.81. The normalized spacial score (nSPS) is 19.9. The van der Waals surface area contributed by atoms with Crippen molar-refractivity contribution in [3.63, 3.8) is 0 Å². The molecule has 1 aromatic carbocycles. The van der Waals surface area contributed by atoms with Crippen LogP contribution >= 0.6 is 11.6 Å². The van der Waals surface area contributed by atoms with E-state index in [1.165, 1.54) is 16.7 Å². The molecule has 1 aliphatic heterocycles. The summed E-state index contributed by atoms with van der Waals surface area (Å²) in [6.45, 7) is 8.56. The molecule has 2 heterocycles. The lowest BCUT2D eigenvalue weighted by Gasteiger charge is -2.40. The smallest absolute Gasteiger partial charge is 0.410 e. The largest absolute Gasteiger partial charge is 0.444 e. The van der Waals surface area contributed by atoms with Gasteiger partial charge >= 0.3 is 6.09 Å². The first-order valence-corrected chi connectivity index (χ1v) is 10.6. The van der Waals surface area contributed by atoms with E-state index >= 15 is 0 Å². The Morgan fingerprint density at radius 3 is 2.55 bits per heavy atom. The van der Waals surface area contributed by atoms with Crippen molar-refractivity contribution in [1.82, 2.24) is 14.8 Å². The first-order valence-electron chi connectivity index (χ1n) is 10.3. The molecule has 1 amide bonds. The Morgan fingerprint density at radius 1 is 1.10 bits per heavy atom. The number of piperazine rings is 1. The van der Waals surface area contributed by atoms with Crippen LogP contribution in [0.25, 0.3) is 0 Å². The predicted octanol–water partition coefficient (Wildman–Crippen LogP) is 4.48. The van der Waals surface area contributed by atoms with E-state index in [2.05, 4.69) is 23.1 Å². The number of nitrogens with zero attached hydrogens (tertiary/aromatic N) is 3. The summed E-state index contributed by atoms with van der Waals surface area (Å²) in [7, 11) is 0. The summed E-state index contributed by atoms with van der Waals surface area (Å²) < 4.78 is 5.55. The molecule has 0 spiro atoms. The number of fused-ring (bicyclic) bond motifs is 2. The molecule has 29 heavy (non-hydrogen) atoms. The Balaban J connectivity index is 1.60. The van der Waals surface area contributed by atoms with Gasteiger partial charge in [0.15, 0.2) is 0 Å². The van der Waals surface area contributed by atoms with Crippen LogP contribution in [0.4, 0.5) is 4.79 Å². The molecule has 6 heteroatoms. The van der Waals surface area contributed by atoms with Gasteiger partial charge in [-0.25, -0.2) is 4.79 Å². The highest BCUT2D eigenvalue weighted by atomic mass is 35.5. The summed E-state index contributed by atoms with van der Waals surface area (Å²) in [5, 5.41) is 0.774. The fourth-order valence-corrected chi connectivity index (χ4v) is 4.44. The third-order valence-electron chi connectivity index (χ3n) is 5.58. The molecular formula is C23H28ClN3O2.